The molecule has 0 amide bonds. The molecule has 0 aliphatic heterocycles. The van der Waals surface area contributed by atoms with Gasteiger partial charge in [-0.25, -0.2) is 9.78 Å². The lowest BCUT2D eigenvalue weighted by molar-refractivity contribution is 0.454. The Kier molecular flexibility index (Phi) is 3.03. The molecule has 3 aromatic rings. The van der Waals surface area contributed by atoms with E-state index in [0.29, 0.717) is 22.6 Å². The summed E-state index contributed by atoms with van der Waals surface area (Å²) in [4.78, 5) is 25.1. The Morgan fingerprint density at radius 3 is 2.95 bits per heavy atom. The third-order valence-electron chi connectivity index (χ3n) is 3.35. The predicted octanol–water partition coefficient (Wildman–Crippen LogP) is -0.333. The molecule has 0 radical (unpaired) electrons. The van der Waals surface area contributed by atoms with Crippen molar-refractivity contribution < 1.29 is 5.11 Å². The molecule has 1 fully saturated rings. The number of H-pyrrole nitrogens is 2. The second kappa shape index (κ2) is 4.93. The Morgan fingerprint density at radius 1 is 1.45 bits per heavy atom. The maximum Gasteiger partial charge on any atom is 0.326 e. The van der Waals surface area contributed by atoms with Gasteiger partial charge in [-0.05, 0) is 41.5 Å². The fourth-order valence-corrected chi connectivity index (χ4v) is 2.67. The molecule has 3 N–H and O–H groups in total. The Bertz CT molecular complexity index is 1040. The zero-order valence-electron chi connectivity index (χ0n) is 11.2. The minimum Gasteiger partial charge on any atom is -0.493 e. The van der Waals surface area contributed by atoms with Crippen molar-refractivity contribution in [2.75, 3.05) is 0 Å². The Labute approximate surface area is 136 Å². The monoisotopic (exact) mass is 410 g/mol. The predicted molar refractivity (Wildman–Crippen MR) is 86.2 cm³/mol. The molecule has 0 aromatic carbocycles. The van der Waals surface area contributed by atoms with E-state index in [9.17, 15) is 9.90 Å². The molecule has 3 aromatic heterocycles. The fraction of sp³-hybridized carbons (Fsp3) is 0.231. The molecule has 0 atom stereocenters. The first-order valence-corrected chi connectivity index (χ1v) is 7.79. The molecule has 1 saturated carbocycles. The quantitative estimate of drug-likeness (QED) is 0.397. The zero-order chi connectivity index (χ0) is 15.3. The number of halogens is 1. The average Bonchev–Trinajstić information content (AvgIpc) is 3.09. The number of aromatic nitrogens is 5. The van der Waals surface area contributed by atoms with Gasteiger partial charge in [-0.1, -0.05) is 0 Å². The van der Waals surface area contributed by atoms with Gasteiger partial charge < -0.3 is 10.1 Å². The van der Waals surface area contributed by atoms with Crippen molar-refractivity contribution in [3.63, 3.8) is 0 Å². The van der Waals surface area contributed by atoms with Crippen LogP contribution in [0.3, 0.4) is 0 Å². The Balaban J connectivity index is 1.98. The van der Waals surface area contributed by atoms with Crippen molar-refractivity contribution in [3.8, 4) is 5.88 Å². The number of nitrogens with zero attached hydrogens (tertiary/aromatic N) is 4. The fourth-order valence-electron chi connectivity index (χ4n) is 2.17. The van der Waals surface area contributed by atoms with Crippen LogP contribution in [0.4, 0.5) is 0 Å². The van der Waals surface area contributed by atoms with E-state index in [1.807, 2.05) is 6.07 Å². The van der Waals surface area contributed by atoms with Gasteiger partial charge in [-0.3, -0.25) is 9.98 Å². The summed E-state index contributed by atoms with van der Waals surface area (Å²) in [6, 6.07) is 2.27. The lowest BCUT2D eigenvalue weighted by atomic mass is 10.3. The number of aromatic hydroxyl groups is 1. The third kappa shape index (κ3) is 2.40. The van der Waals surface area contributed by atoms with Crippen LogP contribution in [-0.2, 0) is 0 Å². The Hall–Kier alpha value is -2.17. The molecule has 0 unspecified atom stereocenters. The standard InChI is InChI=1S/C13H11IN6O2/c14-9-4-10(16-7-1-2-7)20-11(18-9)6(5-15-20)3-8-12(21)19-13(22)17-8/h3-5,7,21H,1-2H2,(H2,17,19,22). The van der Waals surface area contributed by atoms with Crippen molar-refractivity contribution in [3.05, 3.63) is 42.8 Å². The molecular formula is C13H11IN6O2. The summed E-state index contributed by atoms with van der Waals surface area (Å²) in [7, 11) is 0. The highest BCUT2D eigenvalue weighted by atomic mass is 127. The van der Waals surface area contributed by atoms with Gasteiger partial charge in [0.1, 0.15) is 9.39 Å². The smallest absolute Gasteiger partial charge is 0.326 e. The summed E-state index contributed by atoms with van der Waals surface area (Å²) in [5, 5.41) is 14.7. The van der Waals surface area contributed by atoms with E-state index < -0.39 is 5.69 Å². The summed E-state index contributed by atoms with van der Waals surface area (Å²) in [5.41, 5.74) is 1.23. The van der Waals surface area contributed by atoms with Gasteiger partial charge >= 0.3 is 5.69 Å². The minimum absolute atomic E-state index is 0.210. The maximum absolute atomic E-state index is 11.2. The van der Waals surface area contributed by atoms with Crippen molar-refractivity contribution >= 4 is 34.3 Å². The van der Waals surface area contributed by atoms with Crippen LogP contribution < -0.4 is 16.4 Å². The summed E-state index contributed by atoms with van der Waals surface area (Å²) >= 11 is 2.14. The van der Waals surface area contributed by atoms with E-state index in [1.54, 1.807) is 16.8 Å². The summed E-state index contributed by atoms with van der Waals surface area (Å²) in [6.07, 6.45) is 5.48. The summed E-state index contributed by atoms with van der Waals surface area (Å²) < 4.78 is 2.49. The van der Waals surface area contributed by atoms with Crippen LogP contribution in [0.5, 0.6) is 5.88 Å². The number of hydrogen-bond donors (Lipinski definition) is 3. The van der Waals surface area contributed by atoms with Gasteiger partial charge in [0, 0.05) is 11.3 Å². The second-order valence-corrected chi connectivity index (χ2v) is 6.22. The van der Waals surface area contributed by atoms with Gasteiger partial charge in [0.25, 0.3) is 0 Å². The van der Waals surface area contributed by atoms with Gasteiger partial charge in [0.2, 0.25) is 5.88 Å². The molecule has 1 aliphatic carbocycles. The van der Waals surface area contributed by atoms with Crippen LogP contribution in [0, 0.1) is 3.70 Å². The second-order valence-electron chi connectivity index (χ2n) is 5.12. The van der Waals surface area contributed by atoms with Crippen molar-refractivity contribution in [2.45, 2.75) is 18.9 Å². The lowest BCUT2D eigenvalue weighted by Crippen LogP contribution is -2.19. The number of hydrogen-bond acceptors (Lipinski definition) is 5. The largest absolute Gasteiger partial charge is 0.493 e. The molecule has 8 nitrogen and oxygen atoms in total. The highest BCUT2D eigenvalue weighted by Gasteiger charge is 2.20. The molecule has 0 bridgehead atoms. The van der Waals surface area contributed by atoms with Crippen molar-refractivity contribution in [2.24, 2.45) is 4.99 Å². The van der Waals surface area contributed by atoms with Crippen LogP contribution in [0.2, 0.25) is 0 Å². The molecule has 3 heterocycles. The zero-order valence-corrected chi connectivity index (χ0v) is 13.4. The van der Waals surface area contributed by atoms with E-state index in [4.69, 9.17) is 0 Å². The highest BCUT2D eigenvalue weighted by molar-refractivity contribution is 14.1. The van der Waals surface area contributed by atoms with Crippen LogP contribution in [0.25, 0.3) is 11.7 Å². The lowest BCUT2D eigenvalue weighted by Gasteiger charge is -1.96. The average molecular weight is 410 g/mol. The number of nitrogens with one attached hydrogen (secondary N) is 2. The van der Waals surface area contributed by atoms with E-state index >= 15 is 0 Å². The first-order chi connectivity index (χ1) is 10.6. The van der Waals surface area contributed by atoms with Gasteiger partial charge in [-0.15, -0.1) is 0 Å². The normalized spacial score (nSPS) is 16.8. The van der Waals surface area contributed by atoms with Crippen molar-refractivity contribution in [1.29, 1.82) is 0 Å². The molecule has 112 valence electrons. The van der Waals surface area contributed by atoms with E-state index in [1.165, 1.54) is 0 Å². The van der Waals surface area contributed by atoms with Crippen LogP contribution in [0.1, 0.15) is 18.5 Å². The topological polar surface area (TPSA) is 111 Å². The van der Waals surface area contributed by atoms with Crippen molar-refractivity contribution in [1.82, 2.24) is 24.6 Å². The summed E-state index contributed by atoms with van der Waals surface area (Å²) in [5.74, 6) is -0.210. The van der Waals surface area contributed by atoms with Crippen LogP contribution in [-0.4, -0.2) is 35.7 Å². The molecular weight excluding hydrogens is 399 g/mol. The molecule has 0 spiro atoms. The third-order valence-corrected chi connectivity index (χ3v) is 3.90. The summed E-state index contributed by atoms with van der Waals surface area (Å²) in [6.45, 7) is 0. The molecule has 1 aliphatic rings. The van der Waals surface area contributed by atoms with E-state index in [0.717, 1.165) is 22.0 Å². The molecule has 0 saturated heterocycles. The SMILES string of the molecule is O=c1[nH]c(O)c(C=c2cnn3c(=NC4CC4)cc(I)nc23)[nH]1. The van der Waals surface area contributed by atoms with Gasteiger partial charge in [0.05, 0.1) is 12.2 Å². The number of imidazole rings is 1. The maximum atomic E-state index is 11.2. The first kappa shape index (κ1) is 13.5. The van der Waals surface area contributed by atoms with Crippen LogP contribution in [0.15, 0.2) is 22.1 Å². The van der Waals surface area contributed by atoms with Gasteiger partial charge in [0.15, 0.2) is 11.1 Å². The van der Waals surface area contributed by atoms with Crippen LogP contribution >= 0.6 is 22.6 Å². The first-order valence-electron chi connectivity index (χ1n) is 6.71. The Morgan fingerprint density at radius 2 is 2.27 bits per heavy atom. The minimum atomic E-state index is -0.466. The molecule has 9 heteroatoms. The van der Waals surface area contributed by atoms with E-state index in [2.05, 4.69) is 47.6 Å². The molecule has 22 heavy (non-hydrogen) atoms. The number of aromatic amines is 2. The molecule has 4 rings (SSSR count). The van der Waals surface area contributed by atoms with E-state index in [-0.39, 0.29) is 5.88 Å². The van der Waals surface area contributed by atoms with Gasteiger partial charge in [-0.2, -0.15) is 9.61 Å². The number of rotatable bonds is 2. The highest BCUT2D eigenvalue weighted by Crippen LogP contribution is 2.22. The number of fused-ring (bicyclic) bond motifs is 1.